The zero-order valence-electron chi connectivity index (χ0n) is 11.7. The molecule has 0 atom stereocenters. The van der Waals surface area contributed by atoms with E-state index in [2.05, 4.69) is 15.9 Å². The van der Waals surface area contributed by atoms with E-state index in [9.17, 15) is 10.1 Å². The predicted molar refractivity (Wildman–Crippen MR) is 89.6 cm³/mol. The minimum absolute atomic E-state index is 0.0367. The van der Waals surface area contributed by atoms with Crippen molar-refractivity contribution >= 4 is 32.4 Å². The lowest BCUT2D eigenvalue weighted by Gasteiger charge is -2.12. The average Bonchev–Trinajstić information content (AvgIpc) is 2.50. The van der Waals surface area contributed by atoms with Gasteiger partial charge in [0.25, 0.3) is 5.69 Å². The highest BCUT2D eigenvalue weighted by Gasteiger charge is 2.15. The van der Waals surface area contributed by atoms with E-state index in [1.807, 2.05) is 42.5 Å². The van der Waals surface area contributed by atoms with Crippen LogP contribution in [-0.4, -0.2) is 4.92 Å². The molecule has 0 radical (unpaired) electrons. The smallest absolute Gasteiger partial charge is 0.271 e. The Morgan fingerprint density at radius 2 is 1.82 bits per heavy atom. The molecule has 0 aliphatic carbocycles. The molecule has 0 amide bonds. The van der Waals surface area contributed by atoms with Gasteiger partial charge < -0.3 is 4.74 Å². The maximum atomic E-state index is 10.9. The van der Waals surface area contributed by atoms with E-state index in [-0.39, 0.29) is 5.69 Å². The maximum absolute atomic E-state index is 10.9. The third-order valence-corrected chi connectivity index (χ3v) is 3.98. The van der Waals surface area contributed by atoms with Gasteiger partial charge in [-0.2, -0.15) is 0 Å². The van der Waals surface area contributed by atoms with Crippen LogP contribution in [0.5, 0.6) is 11.5 Å². The molecule has 0 N–H and O–H groups in total. The van der Waals surface area contributed by atoms with Gasteiger partial charge in [-0.3, -0.25) is 10.1 Å². The zero-order chi connectivity index (χ0) is 15.7. The first kappa shape index (κ1) is 14.5. The molecule has 0 fully saturated rings. The lowest BCUT2D eigenvalue weighted by Crippen LogP contribution is -1.94. The van der Waals surface area contributed by atoms with E-state index >= 15 is 0 Å². The van der Waals surface area contributed by atoms with Gasteiger partial charge in [0.2, 0.25) is 0 Å². The fraction of sp³-hybridized carbons (Fsp3) is 0.0588. The largest absolute Gasteiger partial charge is 0.455 e. The quantitative estimate of drug-likeness (QED) is 0.452. The molecule has 3 rings (SSSR count). The molecular formula is C17H12BrNO3. The van der Waals surface area contributed by atoms with E-state index < -0.39 is 4.92 Å². The summed E-state index contributed by atoms with van der Waals surface area (Å²) < 4.78 is 6.58. The van der Waals surface area contributed by atoms with Gasteiger partial charge >= 0.3 is 0 Å². The second-order valence-electron chi connectivity index (χ2n) is 4.91. The monoisotopic (exact) mass is 357 g/mol. The van der Waals surface area contributed by atoms with Crippen LogP contribution in [0.15, 0.2) is 59.1 Å². The van der Waals surface area contributed by atoms with Crippen molar-refractivity contribution in [3.05, 3.63) is 74.7 Å². The van der Waals surface area contributed by atoms with Crippen LogP contribution < -0.4 is 4.74 Å². The van der Waals surface area contributed by atoms with Crippen molar-refractivity contribution in [3.63, 3.8) is 0 Å². The van der Waals surface area contributed by atoms with E-state index in [1.54, 1.807) is 6.92 Å². The number of benzene rings is 3. The van der Waals surface area contributed by atoms with E-state index in [4.69, 9.17) is 4.74 Å². The van der Waals surface area contributed by atoms with Crippen LogP contribution >= 0.6 is 15.9 Å². The fourth-order valence-electron chi connectivity index (χ4n) is 2.34. The molecule has 0 heterocycles. The van der Waals surface area contributed by atoms with Crippen molar-refractivity contribution in [2.75, 3.05) is 0 Å². The number of fused-ring (bicyclic) bond motifs is 1. The van der Waals surface area contributed by atoms with Crippen molar-refractivity contribution < 1.29 is 9.66 Å². The summed E-state index contributed by atoms with van der Waals surface area (Å²) in [6.07, 6.45) is 0. The first-order chi connectivity index (χ1) is 10.6. The van der Waals surface area contributed by atoms with E-state index in [0.29, 0.717) is 15.8 Å². The topological polar surface area (TPSA) is 52.4 Å². The van der Waals surface area contributed by atoms with Gasteiger partial charge in [0.05, 0.1) is 9.40 Å². The maximum Gasteiger partial charge on any atom is 0.271 e. The van der Waals surface area contributed by atoms with Crippen LogP contribution in [0, 0.1) is 17.0 Å². The van der Waals surface area contributed by atoms with Crippen molar-refractivity contribution in [1.29, 1.82) is 0 Å². The Morgan fingerprint density at radius 1 is 1.09 bits per heavy atom. The van der Waals surface area contributed by atoms with Gasteiger partial charge in [0.15, 0.2) is 0 Å². The van der Waals surface area contributed by atoms with Crippen LogP contribution in [0.3, 0.4) is 0 Å². The van der Waals surface area contributed by atoms with Crippen LogP contribution in [0.4, 0.5) is 5.69 Å². The normalized spacial score (nSPS) is 10.6. The number of hydrogen-bond donors (Lipinski definition) is 0. The number of hydrogen-bond acceptors (Lipinski definition) is 3. The molecule has 0 aliphatic heterocycles. The van der Waals surface area contributed by atoms with Gasteiger partial charge in [-0.25, -0.2) is 0 Å². The predicted octanol–water partition coefficient (Wildman–Crippen LogP) is 5.61. The number of rotatable bonds is 3. The summed E-state index contributed by atoms with van der Waals surface area (Å²) in [6.45, 7) is 1.79. The molecule has 0 saturated carbocycles. The molecule has 110 valence electrons. The fourth-order valence-corrected chi connectivity index (χ4v) is 2.97. The molecule has 0 aromatic heterocycles. The zero-order valence-corrected chi connectivity index (χ0v) is 13.3. The lowest BCUT2D eigenvalue weighted by molar-refractivity contribution is -0.385. The SMILES string of the molecule is Cc1cc([N+](=O)[O-])cc(Br)c1Oc1cccc2ccccc12. The summed E-state index contributed by atoms with van der Waals surface area (Å²) in [5, 5.41) is 13.0. The summed E-state index contributed by atoms with van der Waals surface area (Å²) in [6, 6.07) is 16.7. The Kier molecular flexibility index (Phi) is 3.81. The number of non-ortho nitro benzene ring substituents is 1. The van der Waals surface area contributed by atoms with E-state index in [0.717, 1.165) is 16.5 Å². The van der Waals surface area contributed by atoms with Gasteiger partial charge in [0, 0.05) is 17.5 Å². The number of halogens is 1. The summed E-state index contributed by atoms with van der Waals surface area (Å²) in [5.74, 6) is 1.30. The average molecular weight is 358 g/mol. The standard InChI is InChI=1S/C17H12BrNO3/c1-11-9-13(19(20)21)10-15(18)17(11)22-16-8-4-6-12-5-2-3-7-14(12)16/h2-10H,1H3. The van der Waals surface area contributed by atoms with E-state index in [1.165, 1.54) is 12.1 Å². The summed E-state index contributed by atoms with van der Waals surface area (Å²) in [5.41, 5.74) is 0.739. The molecule has 0 saturated heterocycles. The Labute approximate surface area is 135 Å². The molecule has 3 aromatic carbocycles. The second kappa shape index (κ2) is 5.77. The number of nitro benzene ring substituents is 1. The Balaban J connectivity index is 2.08. The molecule has 5 heteroatoms. The number of ether oxygens (including phenoxy) is 1. The summed E-state index contributed by atoms with van der Waals surface area (Å²) in [4.78, 5) is 10.5. The molecule has 22 heavy (non-hydrogen) atoms. The van der Waals surface area contributed by atoms with Crippen LogP contribution in [0.2, 0.25) is 0 Å². The Hall–Kier alpha value is -2.40. The van der Waals surface area contributed by atoms with Gasteiger partial charge in [0.1, 0.15) is 11.5 Å². The van der Waals surface area contributed by atoms with Crippen molar-refractivity contribution in [2.24, 2.45) is 0 Å². The highest BCUT2D eigenvalue weighted by atomic mass is 79.9. The van der Waals surface area contributed by atoms with Crippen LogP contribution in [0.25, 0.3) is 10.8 Å². The van der Waals surface area contributed by atoms with Crippen molar-refractivity contribution in [2.45, 2.75) is 6.92 Å². The first-order valence-corrected chi connectivity index (χ1v) is 7.46. The number of aryl methyl sites for hydroxylation is 1. The Bertz CT molecular complexity index is 848. The van der Waals surface area contributed by atoms with Crippen molar-refractivity contribution in [1.82, 2.24) is 0 Å². The molecule has 3 aromatic rings. The van der Waals surface area contributed by atoms with Crippen molar-refractivity contribution in [3.8, 4) is 11.5 Å². The highest BCUT2D eigenvalue weighted by molar-refractivity contribution is 9.10. The van der Waals surface area contributed by atoms with Gasteiger partial charge in [-0.15, -0.1) is 0 Å². The number of nitro groups is 1. The first-order valence-electron chi connectivity index (χ1n) is 6.66. The molecular weight excluding hydrogens is 346 g/mol. The van der Waals surface area contributed by atoms with Crippen LogP contribution in [0.1, 0.15) is 5.56 Å². The molecule has 0 unspecified atom stereocenters. The number of nitrogens with zero attached hydrogens (tertiary/aromatic N) is 1. The third kappa shape index (κ3) is 2.67. The highest BCUT2D eigenvalue weighted by Crippen LogP contribution is 2.38. The molecule has 4 nitrogen and oxygen atoms in total. The minimum Gasteiger partial charge on any atom is -0.455 e. The van der Waals surface area contributed by atoms with Gasteiger partial charge in [-0.1, -0.05) is 36.4 Å². The molecule has 0 aliphatic rings. The minimum atomic E-state index is -0.417. The third-order valence-electron chi connectivity index (χ3n) is 3.39. The lowest BCUT2D eigenvalue weighted by atomic mass is 10.1. The Morgan fingerprint density at radius 3 is 2.55 bits per heavy atom. The summed E-state index contributed by atoms with van der Waals surface area (Å²) in [7, 11) is 0. The van der Waals surface area contributed by atoms with Gasteiger partial charge in [-0.05, 0) is 39.9 Å². The second-order valence-corrected chi connectivity index (χ2v) is 5.76. The summed E-state index contributed by atoms with van der Waals surface area (Å²) >= 11 is 3.36. The van der Waals surface area contributed by atoms with Crippen LogP contribution in [-0.2, 0) is 0 Å². The molecule has 0 spiro atoms. The molecule has 0 bridgehead atoms.